The number of hydrogen-bond acceptors (Lipinski definition) is 2. The molecule has 0 bridgehead atoms. The highest BCUT2D eigenvalue weighted by Crippen LogP contribution is 2.41. The van der Waals surface area contributed by atoms with Crippen LogP contribution in [0, 0.1) is 0 Å². The highest BCUT2D eigenvalue weighted by atomic mass is 16.3. The van der Waals surface area contributed by atoms with E-state index in [1.807, 2.05) is 60.7 Å². The van der Waals surface area contributed by atoms with E-state index < -0.39 is 5.60 Å². The van der Waals surface area contributed by atoms with Crippen LogP contribution in [0.1, 0.15) is 16.7 Å². The summed E-state index contributed by atoms with van der Waals surface area (Å²) in [4.78, 5) is 0. The topological polar surface area (TPSA) is 40.5 Å². The van der Waals surface area contributed by atoms with Crippen molar-refractivity contribution in [1.82, 2.24) is 0 Å². The first-order valence-electron chi connectivity index (χ1n) is 7.38. The molecular weight excluding hydrogens is 272 g/mol. The summed E-state index contributed by atoms with van der Waals surface area (Å²) in [5, 5.41) is 23.5. The Labute approximate surface area is 129 Å². The molecule has 0 amide bonds. The molecule has 1 aliphatic rings. The molecule has 108 valence electrons. The second-order valence-electron chi connectivity index (χ2n) is 5.81. The van der Waals surface area contributed by atoms with Gasteiger partial charge in [0.05, 0.1) is 0 Å². The van der Waals surface area contributed by atoms with Crippen molar-refractivity contribution in [3.05, 3.63) is 83.4 Å². The summed E-state index contributed by atoms with van der Waals surface area (Å²) in [5.41, 5.74) is 1.59. The average Bonchev–Trinajstić information content (AvgIpc) is 2.54. The molecule has 0 saturated heterocycles. The van der Waals surface area contributed by atoms with Gasteiger partial charge in [-0.15, -0.1) is 0 Å². The van der Waals surface area contributed by atoms with E-state index >= 15 is 0 Å². The summed E-state index contributed by atoms with van der Waals surface area (Å²) in [6.07, 6.45) is 4.18. The van der Waals surface area contributed by atoms with Crippen LogP contribution in [0.3, 0.4) is 0 Å². The molecule has 0 saturated carbocycles. The Balaban J connectivity index is 1.95. The Morgan fingerprint density at radius 1 is 0.864 bits per heavy atom. The minimum Gasteiger partial charge on any atom is -0.508 e. The van der Waals surface area contributed by atoms with Crippen LogP contribution in [0.2, 0.25) is 0 Å². The summed E-state index contributed by atoms with van der Waals surface area (Å²) in [6, 6.07) is 19.4. The Bertz CT molecular complexity index is 895. The van der Waals surface area contributed by atoms with E-state index in [9.17, 15) is 10.2 Å². The van der Waals surface area contributed by atoms with E-state index in [1.165, 1.54) is 0 Å². The molecule has 0 fully saturated rings. The number of phenols is 1. The lowest BCUT2D eigenvalue weighted by molar-refractivity contribution is 0.0881. The molecule has 2 nitrogen and oxygen atoms in total. The second-order valence-corrected chi connectivity index (χ2v) is 5.81. The third kappa shape index (κ3) is 1.92. The van der Waals surface area contributed by atoms with E-state index in [-0.39, 0.29) is 5.75 Å². The highest BCUT2D eigenvalue weighted by Gasteiger charge is 2.34. The summed E-state index contributed by atoms with van der Waals surface area (Å²) >= 11 is 0. The van der Waals surface area contributed by atoms with Crippen LogP contribution < -0.4 is 0 Å². The molecule has 1 aliphatic carbocycles. The number of aromatic hydroxyl groups is 1. The normalized spacial score (nSPS) is 20.0. The van der Waals surface area contributed by atoms with Crippen molar-refractivity contribution in [1.29, 1.82) is 0 Å². The number of aliphatic hydroxyl groups is 1. The first-order chi connectivity index (χ1) is 10.7. The molecule has 2 N–H and O–H groups in total. The van der Waals surface area contributed by atoms with Crippen LogP contribution in [-0.4, -0.2) is 10.2 Å². The van der Waals surface area contributed by atoms with Gasteiger partial charge in [-0.1, -0.05) is 60.7 Å². The van der Waals surface area contributed by atoms with Gasteiger partial charge in [-0.05, 0) is 34.0 Å². The van der Waals surface area contributed by atoms with Crippen LogP contribution in [0.15, 0.2) is 66.7 Å². The lowest BCUT2D eigenvalue weighted by atomic mass is 9.79. The number of rotatable bonds is 1. The monoisotopic (exact) mass is 288 g/mol. The molecule has 22 heavy (non-hydrogen) atoms. The van der Waals surface area contributed by atoms with Crippen LogP contribution in [-0.2, 0) is 12.0 Å². The molecule has 0 spiro atoms. The summed E-state index contributed by atoms with van der Waals surface area (Å²) in [5.74, 6) is 0.130. The van der Waals surface area contributed by atoms with Crippen LogP contribution >= 0.6 is 0 Å². The third-order valence-electron chi connectivity index (χ3n) is 4.39. The van der Waals surface area contributed by atoms with Gasteiger partial charge < -0.3 is 10.2 Å². The Morgan fingerprint density at radius 2 is 1.64 bits per heavy atom. The van der Waals surface area contributed by atoms with Crippen LogP contribution in [0.4, 0.5) is 0 Å². The van der Waals surface area contributed by atoms with Crippen molar-refractivity contribution < 1.29 is 10.2 Å². The fourth-order valence-corrected chi connectivity index (χ4v) is 3.32. The first-order valence-corrected chi connectivity index (χ1v) is 7.38. The number of hydrogen-bond donors (Lipinski definition) is 2. The molecule has 1 unspecified atom stereocenters. The molecule has 0 aliphatic heterocycles. The van der Waals surface area contributed by atoms with Gasteiger partial charge >= 0.3 is 0 Å². The zero-order valence-corrected chi connectivity index (χ0v) is 12.0. The average molecular weight is 288 g/mol. The number of fused-ring (bicyclic) bond motifs is 2. The lowest BCUT2D eigenvalue weighted by Gasteiger charge is -2.31. The molecule has 0 radical (unpaired) electrons. The predicted molar refractivity (Wildman–Crippen MR) is 88.7 cm³/mol. The van der Waals surface area contributed by atoms with Gasteiger partial charge in [0.25, 0.3) is 0 Å². The zero-order valence-electron chi connectivity index (χ0n) is 12.0. The van der Waals surface area contributed by atoms with Crippen molar-refractivity contribution in [2.75, 3.05) is 0 Å². The molecule has 1 atom stereocenters. The largest absolute Gasteiger partial charge is 0.508 e. The fourth-order valence-electron chi connectivity index (χ4n) is 3.32. The molecule has 2 heteroatoms. The minimum absolute atomic E-state index is 0.130. The van der Waals surface area contributed by atoms with Crippen molar-refractivity contribution in [2.24, 2.45) is 0 Å². The van der Waals surface area contributed by atoms with E-state index in [2.05, 4.69) is 0 Å². The van der Waals surface area contributed by atoms with E-state index in [0.29, 0.717) is 12.0 Å². The second kappa shape index (κ2) is 4.72. The van der Waals surface area contributed by atoms with E-state index in [4.69, 9.17) is 0 Å². The van der Waals surface area contributed by atoms with Crippen molar-refractivity contribution in [3.8, 4) is 5.75 Å². The summed E-state index contributed by atoms with van der Waals surface area (Å²) in [6.45, 7) is 0. The fraction of sp³-hybridized carbons (Fsp3) is 0.100. The van der Waals surface area contributed by atoms with Crippen LogP contribution in [0.25, 0.3) is 16.8 Å². The Hall–Kier alpha value is -2.58. The molecule has 0 heterocycles. The Kier molecular flexibility index (Phi) is 2.81. The predicted octanol–water partition coefficient (Wildman–Crippen LogP) is 4.00. The van der Waals surface area contributed by atoms with Gasteiger partial charge in [-0.2, -0.15) is 0 Å². The van der Waals surface area contributed by atoms with E-state index in [1.54, 1.807) is 12.1 Å². The highest BCUT2D eigenvalue weighted by molar-refractivity contribution is 5.89. The molecule has 3 aromatic carbocycles. The number of phenolic OH excluding ortho intramolecular Hbond substituents is 1. The maximum atomic E-state index is 11.2. The number of benzene rings is 3. The lowest BCUT2D eigenvalue weighted by Crippen LogP contribution is -2.28. The van der Waals surface area contributed by atoms with Gasteiger partial charge in [-0.3, -0.25) is 0 Å². The molecule has 4 rings (SSSR count). The maximum absolute atomic E-state index is 11.2. The van der Waals surface area contributed by atoms with Crippen molar-refractivity contribution in [2.45, 2.75) is 12.0 Å². The summed E-state index contributed by atoms with van der Waals surface area (Å²) < 4.78 is 0. The minimum atomic E-state index is -1.20. The van der Waals surface area contributed by atoms with Crippen LogP contribution in [0.5, 0.6) is 5.75 Å². The zero-order chi connectivity index (χ0) is 15.2. The van der Waals surface area contributed by atoms with Gasteiger partial charge in [-0.25, -0.2) is 0 Å². The molecule has 0 aromatic heterocycles. The van der Waals surface area contributed by atoms with E-state index in [0.717, 1.165) is 21.9 Å². The quantitative estimate of drug-likeness (QED) is 0.710. The van der Waals surface area contributed by atoms with Gasteiger partial charge in [0.2, 0.25) is 0 Å². The summed E-state index contributed by atoms with van der Waals surface area (Å²) in [7, 11) is 0. The van der Waals surface area contributed by atoms with Crippen molar-refractivity contribution in [3.63, 3.8) is 0 Å². The maximum Gasteiger partial charge on any atom is 0.122 e. The standard InChI is InChI=1S/C20H16O2/c21-18-10-9-15-6-3-4-8-17(15)19(18)20(22)12-11-14-5-1-2-7-16(14)13-20/h1-12,21-22H,13H2. The van der Waals surface area contributed by atoms with Gasteiger partial charge in [0.1, 0.15) is 11.4 Å². The van der Waals surface area contributed by atoms with Gasteiger partial charge in [0.15, 0.2) is 0 Å². The molecule has 3 aromatic rings. The SMILES string of the molecule is Oc1ccc2ccccc2c1C1(O)C=Cc2ccccc2C1. The van der Waals surface area contributed by atoms with Crippen molar-refractivity contribution >= 4 is 16.8 Å². The Morgan fingerprint density at radius 3 is 2.55 bits per heavy atom. The van der Waals surface area contributed by atoms with Gasteiger partial charge in [0, 0.05) is 12.0 Å². The smallest absolute Gasteiger partial charge is 0.122 e. The molecular formula is C20H16O2. The first kappa shape index (κ1) is 13.1. The third-order valence-corrected chi connectivity index (χ3v) is 4.39.